The van der Waals surface area contributed by atoms with Gasteiger partial charge in [0.1, 0.15) is 18.3 Å². The maximum absolute atomic E-state index is 12.3. The van der Waals surface area contributed by atoms with Gasteiger partial charge in [-0.1, -0.05) is 31.1 Å². The summed E-state index contributed by atoms with van der Waals surface area (Å²) in [7, 11) is 3.04. The zero-order chi connectivity index (χ0) is 24.8. The van der Waals surface area contributed by atoms with E-state index in [2.05, 4.69) is 29.6 Å². The summed E-state index contributed by atoms with van der Waals surface area (Å²) in [6.07, 6.45) is 11.3. The highest BCUT2D eigenvalue weighted by Crippen LogP contribution is 2.53. The first-order valence-electron chi connectivity index (χ1n) is 12.7. The van der Waals surface area contributed by atoms with Crippen LogP contribution < -0.4 is 10.1 Å². The van der Waals surface area contributed by atoms with Crippen LogP contribution in [0.5, 0.6) is 5.75 Å². The maximum Gasteiger partial charge on any atom is 0.407 e. The molecule has 3 atom stereocenters. The molecule has 1 aromatic rings. The second-order valence-electron chi connectivity index (χ2n) is 9.58. The molecule has 1 N–H and O–H groups in total. The van der Waals surface area contributed by atoms with E-state index in [1.165, 1.54) is 35.1 Å². The molecular weight excluding hydrogens is 448 g/mol. The normalized spacial score (nSPS) is 21.7. The molecule has 8 heteroatoms. The van der Waals surface area contributed by atoms with E-state index in [4.69, 9.17) is 14.2 Å². The predicted molar refractivity (Wildman–Crippen MR) is 131 cm³/mol. The Balaban J connectivity index is 1.09. The van der Waals surface area contributed by atoms with Crippen LogP contribution in [0.1, 0.15) is 67.6 Å². The summed E-state index contributed by atoms with van der Waals surface area (Å²) in [6, 6.07) is 3.95. The minimum absolute atomic E-state index is 0.188. The minimum atomic E-state index is -0.613. The van der Waals surface area contributed by atoms with E-state index in [-0.39, 0.29) is 12.5 Å². The number of carbonyl (C=O) groups excluding carboxylic acids is 3. The van der Waals surface area contributed by atoms with Gasteiger partial charge < -0.3 is 24.4 Å². The van der Waals surface area contributed by atoms with Crippen LogP contribution in [-0.2, 0) is 25.5 Å². The molecule has 1 aromatic carbocycles. The molecular formula is C27H36N2O6. The van der Waals surface area contributed by atoms with Gasteiger partial charge in [0.25, 0.3) is 0 Å². The number of fused-ring (bicyclic) bond motifs is 3. The van der Waals surface area contributed by atoms with Gasteiger partial charge in [-0.2, -0.15) is 0 Å². The second-order valence-corrected chi connectivity index (χ2v) is 9.58. The highest BCUT2D eigenvalue weighted by Gasteiger charge is 2.40. The fourth-order valence-corrected chi connectivity index (χ4v) is 5.21. The van der Waals surface area contributed by atoms with Gasteiger partial charge in [-0.15, -0.1) is 0 Å². The van der Waals surface area contributed by atoms with Gasteiger partial charge in [0.15, 0.2) is 0 Å². The van der Waals surface area contributed by atoms with E-state index in [0.717, 1.165) is 50.2 Å². The number of esters is 1. The number of methoxy groups -OCH3 is 2. The van der Waals surface area contributed by atoms with E-state index >= 15 is 0 Å². The molecule has 35 heavy (non-hydrogen) atoms. The summed E-state index contributed by atoms with van der Waals surface area (Å²) < 4.78 is 15.6. The molecule has 1 saturated carbocycles. The molecule has 0 aromatic heterocycles. The molecule has 0 spiro atoms. The lowest BCUT2D eigenvalue weighted by Crippen LogP contribution is -2.46. The van der Waals surface area contributed by atoms with Gasteiger partial charge in [0.05, 0.1) is 20.8 Å². The summed E-state index contributed by atoms with van der Waals surface area (Å²) in [5.41, 5.74) is 4.04. The van der Waals surface area contributed by atoms with Gasteiger partial charge in [-0.25, -0.2) is 9.59 Å². The van der Waals surface area contributed by atoms with Crippen molar-refractivity contribution in [2.45, 2.75) is 63.3 Å². The summed E-state index contributed by atoms with van der Waals surface area (Å²) in [5, 5.41) is 2.48. The van der Waals surface area contributed by atoms with Gasteiger partial charge in [-0.3, -0.25) is 4.79 Å². The number of carbonyl (C=O) groups is 3. The highest BCUT2D eigenvalue weighted by atomic mass is 16.5. The van der Waals surface area contributed by atoms with Crippen LogP contribution in [0.4, 0.5) is 4.79 Å². The molecule has 1 saturated heterocycles. The van der Waals surface area contributed by atoms with Crippen LogP contribution >= 0.6 is 0 Å². The number of nitrogens with zero attached hydrogens (tertiary/aromatic N) is 1. The third kappa shape index (κ3) is 6.16. The Bertz CT molecular complexity index is 975. The average Bonchev–Trinajstić information content (AvgIpc) is 3.51. The number of rotatable bonds is 11. The number of aryl methyl sites for hydroxylation is 1. The molecule has 8 nitrogen and oxygen atoms in total. The molecule has 0 bridgehead atoms. The zero-order valence-electron chi connectivity index (χ0n) is 20.7. The fraction of sp³-hybridized carbons (Fsp3) is 0.593. The van der Waals surface area contributed by atoms with Gasteiger partial charge in [-0.05, 0) is 73.1 Å². The van der Waals surface area contributed by atoms with E-state index in [1.807, 2.05) is 0 Å². The number of alkyl carbamates (subject to hydrolysis) is 1. The van der Waals surface area contributed by atoms with Crippen molar-refractivity contribution in [3.05, 3.63) is 34.9 Å². The monoisotopic (exact) mass is 484 g/mol. The molecule has 4 rings (SSSR count). The Morgan fingerprint density at radius 1 is 1.11 bits per heavy atom. The van der Waals surface area contributed by atoms with E-state index in [9.17, 15) is 14.4 Å². The van der Waals surface area contributed by atoms with Crippen LogP contribution in [0.25, 0.3) is 6.08 Å². The summed E-state index contributed by atoms with van der Waals surface area (Å²) in [6.45, 7) is 0.614. The van der Waals surface area contributed by atoms with Crippen LogP contribution in [-0.4, -0.2) is 62.8 Å². The van der Waals surface area contributed by atoms with Crippen molar-refractivity contribution in [1.82, 2.24) is 10.2 Å². The van der Waals surface area contributed by atoms with Crippen molar-refractivity contribution in [2.24, 2.45) is 5.92 Å². The quantitative estimate of drug-likeness (QED) is 0.379. The minimum Gasteiger partial charge on any atom is -0.496 e. The lowest BCUT2D eigenvalue weighted by Gasteiger charge is -2.22. The number of benzene rings is 1. The van der Waals surface area contributed by atoms with Crippen molar-refractivity contribution in [2.75, 3.05) is 33.9 Å². The Labute approximate surface area is 207 Å². The molecule has 3 aliphatic rings. The fourth-order valence-electron chi connectivity index (χ4n) is 5.21. The first-order chi connectivity index (χ1) is 17.0. The van der Waals surface area contributed by atoms with Crippen LogP contribution in [0.2, 0.25) is 0 Å². The third-order valence-corrected chi connectivity index (χ3v) is 7.25. The third-order valence-electron chi connectivity index (χ3n) is 7.25. The number of hydrogen-bond acceptors (Lipinski definition) is 6. The van der Waals surface area contributed by atoms with Crippen LogP contribution in [0.15, 0.2) is 18.2 Å². The second kappa shape index (κ2) is 11.6. The van der Waals surface area contributed by atoms with Gasteiger partial charge in [0, 0.05) is 6.54 Å². The molecule has 2 unspecified atom stereocenters. The first-order valence-corrected chi connectivity index (χ1v) is 12.7. The molecule has 1 heterocycles. The first kappa shape index (κ1) is 25.1. The van der Waals surface area contributed by atoms with Crippen molar-refractivity contribution in [3.8, 4) is 5.75 Å². The number of nitrogens with one attached hydrogen (secondary N) is 1. The number of hydrogen-bond donors (Lipinski definition) is 1. The Kier molecular flexibility index (Phi) is 8.31. The van der Waals surface area contributed by atoms with Gasteiger partial charge in [0.2, 0.25) is 5.91 Å². The average molecular weight is 485 g/mol. The number of ether oxygens (including phenoxy) is 3. The Morgan fingerprint density at radius 2 is 1.94 bits per heavy atom. The zero-order valence-corrected chi connectivity index (χ0v) is 20.7. The Hall–Kier alpha value is -3.03. The lowest BCUT2D eigenvalue weighted by atomic mass is 9.92. The van der Waals surface area contributed by atoms with Crippen molar-refractivity contribution in [1.29, 1.82) is 0 Å². The topological polar surface area (TPSA) is 94.2 Å². The van der Waals surface area contributed by atoms with E-state index in [1.54, 1.807) is 7.11 Å². The molecule has 190 valence electrons. The highest BCUT2D eigenvalue weighted by molar-refractivity contribution is 5.87. The van der Waals surface area contributed by atoms with Crippen molar-refractivity contribution < 1.29 is 28.6 Å². The van der Waals surface area contributed by atoms with Crippen LogP contribution in [0.3, 0.4) is 0 Å². The summed E-state index contributed by atoms with van der Waals surface area (Å²) in [4.78, 5) is 37.5. The van der Waals surface area contributed by atoms with E-state index in [0.29, 0.717) is 25.5 Å². The lowest BCUT2D eigenvalue weighted by molar-refractivity contribution is -0.150. The standard InChI is InChI=1S/C27H36N2O6/c1-33-24-16-19-11-10-18-14-21(18)22(19)15-20(24)8-5-3-4-6-13-35-27(32)28-17-25(30)29-12-7-9-23(29)26(31)34-2/h10-11,15-16,18,21,23H,3-9,12-14,17H2,1-2H3,(H,28,32)/t18?,21?,23-/m0/s1. The van der Waals surface area contributed by atoms with Gasteiger partial charge >= 0.3 is 12.1 Å². The largest absolute Gasteiger partial charge is 0.496 e. The van der Waals surface area contributed by atoms with E-state index < -0.39 is 18.1 Å². The van der Waals surface area contributed by atoms with Crippen LogP contribution in [0, 0.1) is 5.92 Å². The number of allylic oxidation sites excluding steroid dienone is 1. The smallest absolute Gasteiger partial charge is 0.407 e. The molecule has 2 fully saturated rings. The summed E-state index contributed by atoms with van der Waals surface area (Å²) >= 11 is 0. The molecule has 2 amide bonds. The number of likely N-dealkylation sites (tertiary alicyclic amines) is 1. The number of amides is 2. The van der Waals surface area contributed by atoms with Crippen molar-refractivity contribution >= 4 is 24.0 Å². The molecule has 0 radical (unpaired) electrons. The Morgan fingerprint density at radius 3 is 2.74 bits per heavy atom. The molecule has 2 aliphatic carbocycles. The van der Waals surface area contributed by atoms with Crippen molar-refractivity contribution in [3.63, 3.8) is 0 Å². The molecule has 1 aliphatic heterocycles. The number of unbranched alkanes of at least 4 members (excludes halogenated alkanes) is 3. The predicted octanol–water partition coefficient (Wildman–Crippen LogP) is 3.82. The SMILES string of the molecule is COC(=O)[C@@H]1CCCN1C(=O)CNC(=O)OCCCCCCc1cc2c(cc1OC)C=CC1CC21. The maximum atomic E-state index is 12.3. The summed E-state index contributed by atoms with van der Waals surface area (Å²) in [5.74, 6) is 1.67.